The van der Waals surface area contributed by atoms with Gasteiger partial charge in [0.2, 0.25) is 0 Å². The van der Waals surface area contributed by atoms with Gasteiger partial charge in [-0.1, -0.05) is 30.3 Å². The van der Waals surface area contributed by atoms with Crippen molar-refractivity contribution in [3.63, 3.8) is 0 Å². The number of nitrogens with one attached hydrogen (secondary N) is 1. The van der Waals surface area contributed by atoms with Crippen molar-refractivity contribution in [2.45, 2.75) is 0 Å². The largest absolute Gasteiger partial charge is 0.358 e. The minimum atomic E-state index is 0.610. The van der Waals surface area contributed by atoms with E-state index >= 15 is 0 Å². The first-order valence-corrected chi connectivity index (χ1v) is 4.09. The van der Waals surface area contributed by atoms with Crippen LogP contribution in [-0.2, 0) is 0 Å². The summed E-state index contributed by atoms with van der Waals surface area (Å²) in [6.07, 6.45) is 2.64. The van der Waals surface area contributed by atoms with Gasteiger partial charge >= 0.3 is 0 Å². The maximum Gasteiger partial charge on any atom is 0.166 e. The summed E-state index contributed by atoms with van der Waals surface area (Å²) in [6, 6.07) is 11.8. The second-order valence-electron chi connectivity index (χ2n) is 2.83. The molecule has 0 fully saturated rings. The zero-order chi connectivity index (χ0) is 9.10. The number of carbonyl (C=O) groups is 1. The molecule has 1 heterocycles. The average molecular weight is 171 g/mol. The Kier molecular flexibility index (Phi) is 1.96. The molecular weight excluding hydrogens is 162 g/mol. The molecule has 0 saturated heterocycles. The maximum absolute atomic E-state index is 10.4. The molecule has 0 aliphatic carbocycles. The van der Waals surface area contributed by atoms with E-state index in [4.69, 9.17) is 0 Å². The van der Waals surface area contributed by atoms with Crippen LogP contribution in [-0.4, -0.2) is 11.3 Å². The molecule has 2 heteroatoms. The maximum atomic E-state index is 10.4. The number of hydrogen-bond acceptors (Lipinski definition) is 1. The van der Waals surface area contributed by atoms with Crippen molar-refractivity contribution >= 4 is 6.29 Å². The van der Waals surface area contributed by atoms with E-state index in [1.54, 1.807) is 0 Å². The lowest BCUT2D eigenvalue weighted by molar-refractivity contribution is 0.111. The molecule has 2 aromatic rings. The second kappa shape index (κ2) is 3.27. The van der Waals surface area contributed by atoms with Crippen LogP contribution >= 0.6 is 0 Å². The predicted octanol–water partition coefficient (Wildman–Crippen LogP) is 2.49. The number of carbonyl (C=O) groups excluding carboxylic acids is 1. The molecule has 2 nitrogen and oxygen atoms in total. The minimum absolute atomic E-state index is 0.610. The van der Waals surface area contributed by atoms with E-state index in [9.17, 15) is 4.79 Å². The Morgan fingerprint density at radius 3 is 2.46 bits per heavy atom. The van der Waals surface area contributed by atoms with Crippen LogP contribution in [0.5, 0.6) is 0 Å². The fourth-order valence-electron chi connectivity index (χ4n) is 1.28. The number of aromatic amines is 1. The van der Waals surface area contributed by atoms with E-state index in [-0.39, 0.29) is 0 Å². The van der Waals surface area contributed by atoms with Gasteiger partial charge in [0.15, 0.2) is 6.29 Å². The molecule has 0 amide bonds. The Morgan fingerprint density at radius 1 is 1.08 bits per heavy atom. The van der Waals surface area contributed by atoms with Crippen molar-refractivity contribution in [1.82, 2.24) is 4.98 Å². The van der Waals surface area contributed by atoms with E-state index in [0.29, 0.717) is 5.69 Å². The highest BCUT2D eigenvalue weighted by atomic mass is 16.1. The van der Waals surface area contributed by atoms with Gasteiger partial charge in [0.05, 0.1) is 5.69 Å². The van der Waals surface area contributed by atoms with E-state index in [1.165, 1.54) is 0 Å². The van der Waals surface area contributed by atoms with Gasteiger partial charge in [0, 0.05) is 6.20 Å². The summed E-state index contributed by atoms with van der Waals surface area (Å²) in [5.41, 5.74) is 2.77. The van der Waals surface area contributed by atoms with Gasteiger partial charge in [-0.2, -0.15) is 0 Å². The van der Waals surface area contributed by atoms with Gasteiger partial charge in [-0.15, -0.1) is 0 Å². The van der Waals surface area contributed by atoms with Gasteiger partial charge in [-0.05, 0) is 17.2 Å². The molecular formula is C11H9NO. The summed E-state index contributed by atoms with van der Waals surface area (Å²) in [7, 11) is 0. The van der Waals surface area contributed by atoms with Crippen LogP contribution in [0.4, 0.5) is 0 Å². The van der Waals surface area contributed by atoms with Crippen LogP contribution in [0.1, 0.15) is 10.5 Å². The summed E-state index contributed by atoms with van der Waals surface area (Å²) >= 11 is 0. The predicted molar refractivity (Wildman–Crippen MR) is 51.6 cm³/mol. The highest BCUT2D eigenvalue weighted by Gasteiger charge is 1.98. The number of aromatic nitrogens is 1. The molecule has 64 valence electrons. The zero-order valence-corrected chi connectivity index (χ0v) is 7.03. The third kappa shape index (κ3) is 1.51. The minimum Gasteiger partial charge on any atom is -0.358 e. The molecule has 0 atom stereocenters. The van der Waals surface area contributed by atoms with Crippen molar-refractivity contribution in [2.75, 3.05) is 0 Å². The van der Waals surface area contributed by atoms with E-state index in [0.717, 1.165) is 17.4 Å². The highest BCUT2D eigenvalue weighted by Crippen LogP contribution is 2.18. The molecule has 0 radical (unpaired) electrons. The van der Waals surface area contributed by atoms with Crippen LogP contribution in [0.3, 0.4) is 0 Å². The van der Waals surface area contributed by atoms with E-state index < -0.39 is 0 Å². The molecule has 0 aliphatic rings. The Bertz CT molecular complexity index is 403. The average Bonchev–Trinajstić information content (AvgIpc) is 2.67. The zero-order valence-electron chi connectivity index (χ0n) is 7.03. The molecule has 1 aromatic carbocycles. The lowest BCUT2D eigenvalue weighted by Crippen LogP contribution is -1.73. The van der Waals surface area contributed by atoms with Gasteiger partial charge in [-0.3, -0.25) is 4.79 Å². The first kappa shape index (κ1) is 7.80. The summed E-state index contributed by atoms with van der Waals surface area (Å²) in [5.74, 6) is 0. The quantitative estimate of drug-likeness (QED) is 0.692. The molecule has 0 saturated carbocycles. The fourth-order valence-corrected chi connectivity index (χ4v) is 1.28. The summed E-state index contributed by atoms with van der Waals surface area (Å²) in [5, 5.41) is 0. The molecule has 0 spiro atoms. The first-order chi connectivity index (χ1) is 6.40. The normalized spacial score (nSPS) is 9.85. The van der Waals surface area contributed by atoms with Crippen molar-refractivity contribution in [2.24, 2.45) is 0 Å². The summed E-state index contributed by atoms with van der Waals surface area (Å²) < 4.78 is 0. The van der Waals surface area contributed by atoms with Crippen LogP contribution < -0.4 is 0 Å². The Balaban J connectivity index is 2.41. The van der Waals surface area contributed by atoms with E-state index in [1.807, 2.05) is 42.6 Å². The smallest absolute Gasteiger partial charge is 0.166 e. The van der Waals surface area contributed by atoms with Gasteiger partial charge in [0.1, 0.15) is 0 Å². The third-order valence-corrected chi connectivity index (χ3v) is 1.94. The van der Waals surface area contributed by atoms with Crippen LogP contribution in [0, 0.1) is 0 Å². The fraction of sp³-hybridized carbons (Fsp3) is 0. The van der Waals surface area contributed by atoms with Crippen molar-refractivity contribution in [1.29, 1.82) is 0 Å². The van der Waals surface area contributed by atoms with Crippen LogP contribution in [0.15, 0.2) is 42.6 Å². The molecule has 13 heavy (non-hydrogen) atoms. The number of benzene rings is 1. The molecule has 0 bridgehead atoms. The molecule has 1 N–H and O–H groups in total. The summed E-state index contributed by atoms with van der Waals surface area (Å²) in [6.45, 7) is 0. The second-order valence-corrected chi connectivity index (χ2v) is 2.83. The first-order valence-electron chi connectivity index (χ1n) is 4.09. The lowest BCUT2D eigenvalue weighted by atomic mass is 10.1. The van der Waals surface area contributed by atoms with Crippen LogP contribution in [0.2, 0.25) is 0 Å². The Morgan fingerprint density at radius 2 is 1.85 bits per heavy atom. The number of hydrogen-bond donors (Lipinski definition) is 1. The number of H-pyrrole nitrogens is 1. The lowest BCUT2D eigenvalue weighted by Gasteiger charge is -1.93. The number of aldehydes is 1. The monoisotopic (exact) mass is 171 g/mol. The van der Waals surface area contributed by atoms with Crippen LogP contribution in [0.25, 0.3) is 11.1 Å². The van der Waals surface area contributed by atoms with Gasteiger partial charge < -0.3 is 4.98 Å². The molecule has 1 aromatic heterocycles. The molecule has 0 unspecified atom stereocenters. The van der Waals surface area contributed by atoms with Gasteiger partial charge in [-0.25, -0.2) is 0 Å². The molecule has 2 rings (SSSR count). The SMILES string of the molecule is O=Cc1cc(-c2ccccc2)c[nH]1. The highest BCUT2D eigenvalue weighted by molar-refractivity contribution is 5.77. The van der Waals surface area contributed by atoms with Gasteiger partial charge in [0.25, 0.3) is 0 Å². The Hall–Kier alpha value is -1.83. The molecule has 0 aliphatic heterocycles. The van der Waals surface area contributed by atoms with Crippen molar-refractivity contribution < 1.29 is 4.79 Å². The van der Waals surface area contributed by atoms with E-state index in [2.05, 4.69) is 4.98 Å². The van der Waals surface area contributed by atoms with Crippen molar-refractivity contribution in [3.05, 3.63) is 48.3 Å². The topological polar surface area (TPSA) is 32.9 Å². The standard InChI is InChI=1S/C11H9NO/c13-8-11-6-10(7-12-11)9-4-2-1-3-5-9/h1-8,12H. The Labute approximate surface area is 76.2 Å². The summed E-state index contributed by atoms with van der Waals surface area (Å²) in [4.78, 5) is 13.3. The number of rotatable bonds is 2. The third-order valence-electron chi connectivity index (χ3n) is 1.94. The van der Waals surface area contributed by atoms with Crippen molar-refractivity contribution in [3.8, 4) is 11.1 Å².